The lowest BCUT2D eigenvalue weighted by Gasteiger charge is -2.30. The summed E-state index contributed by atoms with van der Waals surface area (Å²) in [6.45, 7) is 1.77. The Bertz CT molecular complexity index is 970. The van der Waals surface area contributed by atoms with Crippen LogP contribution < -0.4 is 0 Å². The molecule has 1 atom stereocenters. The SMILES string of the molecule is COC(=O)C1CCC(C)=NN1S(=O)(=O)CCCc1ccc(-c2ccccc2)cc1. The third kappa shape index (κ3) is 5.23. The third-order valence-corrected chi connectivity index (χ3v) is 6.71. The normalized spacial score (nSPS) is 17.0. The van der Waals surface area contributed by atoms with Gasteiger partial charge in [-0.1, -0.05) is 54.6 Å². The highest BCUT2D eigenvalue weighted by molar-refractivity contribution is 7.89. The van der Waals surface area contributed by atoms with Crippen molar-refractivity contribution in [1.29, 1.82) is 0 Å². The van der Waals surface area contributed by atoms with Crippen LogP contribution in [0.15, 0.2) is 59.7 Å². The van der Waals surface area contributed by atoms with Crippen LogP contribution >= 0.6 is 0 Å². The molecule has 154 valence electrons. The Morgan fingerprint density at radius 3 is 2.41 bits per heavy atom. The minimum Gasteiger partial charge on any atom is -0.467 e. The molecule has 1 heterocycles. The average molecular weight is 415 g/mol. The maximum Gasteiger partial charge on any atom is 0.331 e. The predicted molar refractivity (Wildman–Crippen MR) is 114 cm³/mol. The van der Waals surface area contributed by atoms with Crippen molar-refractivity contribution in [2.75, 3.05) is 12.9 Å². The Morgan fingerprint density at radius 2 is 1.76 bits per heavy atom. The second-order valence-corrected chi connectivity index (χ2v) is 9.11. The summed E-state index contributed by atoms with van der Waals surface area (Å²) in [5.74, 6) is -0.640. The van der Waals surface area contributed by atoms with Gasteiger partial charge in [-0.2, -0.15) is 9.52 Å². The highest BCUT2D eigenvalue weighted by Gasteiger charge is 2.36. The molecule has 6 nitrogen and oxygen atoms in total. The van der Waals surface area contributed by atoms with E-state index in [4.69, 9.17) is 4.74 Å². The molecule has 0 spiro atoms. The van der Waals surface area contributed by atoms with Gasteiger partial charge in [0, 0.05) is 5.71 Å². The van der Waals surface area contributed by atoms with Gasteiger partial charge in [-0.25, -0.2) is 13.2 Å². The van der Waals surface area contributed by atoms with E-state index in [9.17, 15) is 13.2 Å². The summed E-state index contributed by atoms with van der Waals surface area (Å²) in [6, 6.07) is 17.4. The molecule has 2 aromatic rings. The molecule has 0 fully saturated rings. The Balaban J connectivity index is 1.63. The number of carbonyl (C=O) groups excluding carboxylic acids is 1. The van der Waals surface area contributed by atoms with Crippen LogP contribution in [0, 0.1) is 0 Å². The number of hydrazone groups is 1. The first-order valence-corrected chi connectivity index (χ1v) is 11.3. The van der Waals surface area contributed by atoms with Crippen molar-refractivity contribution in [2.45, 2.75) is 38.6 Å². The average Bonchev–Trinajstić information content (AvgIpc) is 2.74. The zero-order valence-corrected chi connectivity index (χ0v) is 17.6. The number of ether oxygens (including phenoxy) is 1. The van der Waals surface area contributed by atoms with Gasteiger partial charge < -0.3 is 4.74 Å². The number of nitrogens with zero attached hydrogens (tertiary/aromatic N) is 2. The van der Waals surface area contributed by atoms with Gasteiger partial charge in [0.2, 0.25) is 0 Å². The van der Waals surface area contributed by atoms with Gasteiger partial charge in [0.05, 0.1) is 12.9 Å². The maximum absolute atomic E-state index is 12.8. The van der Waals surface area contributed by atoms with Crippen LogP contribution in [0.4, 0.5) is 0 Å². The molecular weight excluding hydrogens is 388 g/mol. The number of methoxy groups -OCH3 is 1. The molecule has 3 rings (SSSR count). The molecule has 0 amide bonds. The van der Waals surface area contributed by atoms with E-state index >= 15 is 0 Å². The van der Waals surface area contributed by atoms with E-state index in [-0.39, 0.29) is 5.75 Å². The molecule has 0 bridgehead atoms. The van der Waals surface area contributed by atoms with Crippen LogP contribution in [0.1, 0.15) is 31.7 Å². The number of aryl methyl sites for hydroxylation is 1. The first kappa shape index (κ1) is 21.0. The van der Waals surface area contributed by atoms with Gasteiger partial charge in [0.15, 0.2) is 6.04 Å². The number of esters is 1. The van der Waals surface area contributed by atoms with E-state index in [1.807, 2.05) is 42.5 Å². The summed E-state index contributed by atoms with van der Waals surface area (Å²) in [4.78, 5) is 12.0. The second kappa shape index (κ2) is 9.22. The molecule has 0 radical (unpaired) electrons. The lowest BCUT2D eigenvalue weighted by molar-refractivity contribution is -0.145. The topological polar surface area (TPSA) is 76.0 Å². The molecule has 0 saturated carbocycles. The highest BCUT2D eigenvalue weighted by Crippen LogP contribution is 2.23. The summed E-state index contributed by atoms with van der Waals surface area (Å²) in [6.07, 6.45) is 2.06. The van der Waals surface area contributed by atoms with E-state index in [2.05, 4.69) is 17.2 Å². The van der Waals surface area contributed by atoms with Crippen LogP contribution in [0.25, 0.3) is 11.1 Å². The zero-order valence-electron chi connectivity index (χ0n) is 16.7. The quantitative estimate of drug-likeness (QED) is 0.649. The van der Waals surface area contributed by atoms with E-state index < -0.39 is 22.0 Å². The lowest BCUT2D eigenvalue weighted by atomic mass is 10.0. The molecule has 1 aliphatic rings. The Hall–Kier alpha value is -2.67. The molecular formula is C22H26N2O4S. The van der Waals surface area contributed by atoms with Crippen molar-refractivity contribution in [3.8, 4) is 11.1 Å². The minimum atomic E-state index is -3.70. The molecule has 2 aromatic carbocycles. The monoisotopic (exact) mass is 414 g/mol. The highest BCUT2D eigenvalue weighted by atomic mass is 32.2. The Labute approximate surface area is 172 Å². The number of sulfonamides is 1. The third-order valence-electron chi connectivity index (χ3n) is 5.00. The molecule has 0 aromatic heterocycles. The van der Waals surface area contributed by atoms with Crippen molar-refractivity contribution in [2.24, 2.45) is 5.10 Å². The van der Waals surface area contributed by atoms with Gasteiger partial charge in [0.25, 0.3) is 10.0 Å². The van der Waals surface area contributed by atoms with Crippen molar-refractivity contribution in [3.05, 3.63) is 60.2 Å². The van der Waals surface area contributed by atoms with Crippen LogP contribution in [-0.2, 0) is 26.0 Å². The second-order valence-electron chi connectivity index (χ2n) is 7.17. The number of benzene rings is 2. The molecule has 1 unspecified atom stereocenters. The van der Waals surface area contributed by atoms with Crippen LogP contribution in [-0.4, -0.2) is 43.4 Å². The molecule has 0 aliphatic carbocycles. The smallest absolute Gasteiger partial charge is 0.331 e. The lowest BCUT2D eigenvalue weighted by Crippen LogP contribution is -2.46. The van der Waals surface area contributed by atoms with Crippen LogP contribution in [0.2, 0.25) is 0 Å². The number of rotatable bonds is 7. The Kier molecular flexibility index (Phi) is 6.69. The molecule has 0 N–H and O–H groups in total. The molecule has 29 heavy (non-hydrogen) atoms. The first-order chi connectivity index (χ1) is 13.9. The van der Waals surface area contributed by atoms with Gasteiger partial charge in [0.1, 0.15) is 0 Å². The van der Waals surface area contributed by atoms with Crippen molar-refractivity contribution < 1.29 is 17.9 Å². The maximum atomic E-state index is 12.8. The van der Waals surface area contributed by atoms with E-state index in [1.165, 1.54) is 7.11 Å². The van der Waals surface area contributed by atoms with Gasteiger partial charge >= 0.3 is 5.97 Å². The minimum absolute atomic E-state index is 0.0717. The van der Waals surface area contributed by atoms with Crippen LogP contribution in [0.3, 0.4) is 0 Å². The van der Waals surface area contributed by atoms with Crippen molar-refractivity contribution in [1.82, 2.24) is 4.41 Å². The van der Waals surface area contributed by atoms with Gasteiger partial charge in [-0.3, -0.25) is 0 Å². The van der Waals surface area contributed by atoms with E-state index in [1.54, 1.807) is 6.92 Å². The fraction of sp³-hybridized carbons (Fsp3) is 0.364. The van der Waals surface area contributed by atoms with Gasteiger partial charge in [-0.05, 0) is 49.3 Å². The fourth-order valence-corrected chi connectivity index (χ4v) is 4.93. The van der Waals surface area contributed by atoms with Gasteiger partial charge in [-0.15, -0.1) is 0 Å². The Morgan fingerprint density at radius 1 is 1.10 bits per heavy atom. The molecule has 0 saturated heterocycles. The fourth-order valence-electron chi connectivity index (χ4n) is 3.39. The van der Waals surface area contributed by atoms with E-state index in [0.717, 1.165) is 21.1 Å². The summed E-state index contributed by atoms with van der Waals surface area (Å²) in [7, 11) is -2.44. The standard InChI is InChI=1S/C22H26N2O4S/c1-17-10-15-21(22(25)28-2)24(23-17)29(26,27)16-6-7-18-11-13-20(14-12-18)19-8-4-3-5-9-19/h3-5,8-9,11-14,21H,6-7,10,15-16H2,1-2H3. The van der Waals surface area contributed by atoms with Crippen molar-refractivity contribution >= 4 is 21.7 Å². The number of hydrogen-bond acceptors (Lipinski definition) is 5. The first-order valence-electron chi connectivity index (χ1n) is 9.69. The van der Waals surface area contributed by atoms with Crippen molar-refractivity contribution in [3.63, 3.8) is 0 Å². The number of carbonyl (C=O) groups is 1. The zero-order chi connectivity index (χ0) is 20.9. The largest absolute Gasteiger partial charge is 0.467 e. The predicted octanol–water partition coefficient (Wildman–Crippen LogP) is 3.63. The number of hydrogen-bond donors (Lipinski definition) is 0. The summed E-state index contributed by atoms with van der Waals surface area (Å²) in [5.41, 5.74) is 4.04. The summed E-state index contributed by atoms with van der Waals surface area (Å²) in [5, 5.41) is 4.14. The van der Waals surface area contributed by atoms with Crippen LogP contribution in [0.5, 0.6) is 0 Å². The summed E-state index contributed by atoms with van der Waals surface area (Å²) < 4.78 is 31.3. The molecule has 7 heteroatoms. The summed E-state index contributed by atoms with van der Waals surface area (Å²) >= 11 is 0. The van der Waals surface area contributed by atoms with E-state index in [0.29, 0.717) is 31.4 Å². The molecule has 1 aliphatic heterocycles.